The van der Waals surface area contributed by atoms with Gasteiger partial charge in [-0.05, 0) is 23.8 Å². The topological polar surface area (TPSA) is 26.0 Å². The van der Waals surface area contributed by atoms with E-state index in [1.807, 2.05) is 30.4 Å². The molecule has 0 saturated carbocycles. The number of hydrogen-bond acceptors (Lipinski definition) is 1. The highest BCUT2D eigenvalue weighted by molar-refractivity contribution is 9.10. The summed E-state index contributed by atoms with van der Waals surface area (Å²) in [5.41, 5.74) is 7.47. The van der Waals surface area contributed by atoms with Gasteiger partial charge in [-0.1, -0.05) is 28.1 Å². The van der Waals surface area contributed by atoms with E-state index in [-0.39, 0.29) is 0 Å². The Kier molecular flexibility index (Phi) is 3.63. The third-order valence-electron chi connectivity index (χ3n) is 1.44. The highest BCUT2D eigenvalue weighted by Gasteiger charge is 1.94. The zero-order chi connectivity index (χ0) is 8.97. The zero-order valence-corrected chi connectivity index (χ0v) is 8.77. The summed E-state index contributed by atoms with van der Waals surface area (Å²) in [5.74, 6) is 0.506. The minimum Gasteiger partial charge on any atom is -0.398 e. The molecule has 1 nitrogen and oxygen atoms in total. The van der Waals surface area contributed by atoms with Gasteiger partial charge in [-0.15, -0.1) is 11.6 Å². The van der Waals surface area contributed by atoms with E-state index in [1.165, 1.54) is 0 Å². The van der Waals surface area contributed by atoms with E-state index < -0.39 is 0 Å². The van der Waals surface area contributed by atoms with Crippen LogP contribution in [0.3, 0.4) is 0 Å². The first-order valence-electron chi connectivity index (χ1n) is 3.51. The monoisotopic (exact) mass is 245 g/mol. The number of rotatable bonds is 2. The zero-order valence-electron chi connectivity index (χ0n) is 6.43. The van der Waals surface area contributed by atoms with Crippen LogP contribution in [0.4, 0.5) is 5.69 Å². The van der Waals surface area contributed by atoms with Crippen molar-refractivity contribution >= 4 is 39.3 Å². The van der Waals surface area contributed by atoms with Gasteiger partial charge in [0.15, 0.2) is 0 Å². The van der Waals surface area contributed by atoms with Gasteiger partial charge in [0.1, 0.15) is 0 Å². The van der Waals surface area contributed by atoms with Crippen molar-refractivity contribution in [2.75, 3.05) is 11.6 Å². The quantitative estimate of drug-likeness (QED) is 0.629. The van der Waals surface area contributed by atoms with Crippen LogP contribution in [0.25, 0.3) is 6.08 Å². The Morgan fingerprint density at radius 3 is 2.92 bits per heavy atom. The van der Waals surface area contributed by atoms with Crippen molar-refractivity contribution in [1.82, 2.24) is 0 Å². The van der Waals surface area contributed by atoms with Crippen LogP contribution in [-0.2, 0) is 0 Å². The predicted octanol–water partition coefficient (Wildman–Crippen LogP) is 3.28. The highest BCUT2D eigenvalue weighted by Crippen LogP contribution is 2.19. The Hall–Kier alpha value is -0.470. The maximum atomic E-state index is 5.72. The fraction of sp³-hybridized carbons (Fsp3) is 0.111. The molecular weight excluding hydrogens is 237 g/mol. The van der Waals surface area contributed by atoms with Crippen molar-refractivity contribution in [3.63, 3.8) is 0 Å². The Labute approximate surface area is 85.3 Å². The van der Waals surface area contributed by atoms with Crippen LogP contribution in [0.1, 0.15) is 5.56 Å². The molecule has 64 valence electrons. The Morgan fingerprint density at radius 2 is 2.25 bits per heavy atom. The second-order valence-corrected chi connectivity index (χ2v) is 3.55. The maximum absolute atomic E-state index is 5.72. The molecule has 0 radical (unpaired) electrons. The van der Waals surface area contributed by atoms with E-state index in [0.29, 0.717) is 5.88 Å². The number of nitrogens with two attached hydrogens (primary N) is 1. The fourth-order valence-electron chi connectivity index (χ4n) is 0.861. The van der Waals surface area contributed by atoms with Crippen molar-refractivity contribution in [3.8, 4) is 0 Å². The number of alkyl halides is 1. The number of nitrogen functional groups attached to an aromatic ring is 1. The second kappa shape index (κ2) is 4.53. The van der Waals surface area contributed by atoms with E-state index in [9.17, 15) is 0 Å². The van der Waals surface area contributed by atoms with Gasteiger partial charge in [-0.3, -0.25) is 0 Å². The molecule has 2 N–H and O–H groups in total. The number of allylic oxidation sites excluding steroid dienone is 1. The molecular formula is C9H9BrClN. The molecule has 0 atom stereocenters. The summed E-state index contributed by atoms with van der Waals surface area (Å²) in [6.45, 7) is 0. The maximum Gasteiger partial charge on any atom is 0.0407 e. The van der Waals surface area contributed by atoms with Crippen LogP contribution < -0.4 is 5.73 Å². The second-order valence-electron chi connectivity index (χ2n) is 2.33. The average Bonchev–Trinajstić information content (AvgIpc) is 2.07. The van der Waals surface area contributed by atoms with Crippen molar-refractivity contribution in [2.24, 2.45) is 0 Å². The van der Waals surface area contributed by atoms with Crippen LogP contribution in [-0.4, -0.2) is 5.88 Å². The number of anilines is 1. The average molecular weight is 247 g/mol. The normalized spacial score (nSPS) is 10.8. The third kappa shape index (κ3) is 2.54. The summed E-state index contributed by atoms with van der Waals surface area (Å²) in [6.07, 6.45) is 3.77. The summed E-state index contributed by atoms with van der Waals surface area (Å²) in [6, 6.07) is 5.73. The van der Waals surface area contributed by atoms with Gasteiger partial charge < -0.3 is 5.73 Å². The van der Waals surface area contributed by atoms with Gasteiger partial charge in [0.25, 0.3) is 0 Å². The molecule has 0 unspecified atom stereocenters. The summed E-state index contributed by atoms with van der Waals surface area (Å²) in [4.78, 5) is 0. The van der Waals surface area contributed by atoms with E-state index in [1.54, 1.807) is 0 Å². The SMILES string of the molecule is Nc1ccc(Br)cc1C=CCCl. The van der Waals surface area contributed by atoms with E-state index in [0.717, 1.165) is 15.7 Å². The first-order valence-corrected chi connectivity index (χ1v) is 4.84. The minimum atomic E-state index is 0.506. The van der Waals surface area contributed by atoms with E-state index >= 15 is 0 Å². The molecule has 0 saturated heterocycles. The predicted molar refractivity (Wildman–Crippen MR) is 58.3 cm³/mol. The molecule has 0 heterocycles. The lowest BCUT2D eigenvalue weighted by molar-refractivity contribution is 1.59. The van der Waals surface area contributed by atoms with Crippen molar-refractivity contribution in [1.29, 1.82) is 0 Å². The van der Waals surface area contributed by atoms with Gasteiger partial charge in [0, 0.05) is 16.0 Å². The van der Waals surface area contributed by atoms with Crippen LogP contribution in [0.15, 0.2) is 28.7 Å². The standard InChI is InChI=1S/C9H9BrClN/c10-8-3-4-9(12)7(6-8)2-1-5-11/h1-4,6H,5,12H2. The molecule has 0 amide bonds. The largest absolute Gasteiger partial charge is 0.398 e. The Bertz CT molecular complexity index is 297. The van der Waals surface area contributed by atoms with Crippen LogP contribution in [0.2, 0.25) is 0 Å². The summed E-state index contributed by atoms with van der Waals surface area (Å²) < 4.78 is 1.02. The molecule has 3 heteroatoms. The van der Waals surface area contributed by atoms with E-state index in [4.69, 9.17) is 17.3 Å². The van der Waals surface area contributed by atoms with Crippen LogP contribution in [0.5, 0.6) is 0 Å². The molecule has 0 bridgehead atoms. The van der Waals surface area contributed by atoms with Gasteiger partial charge in [0.2, 0.25) is 0 Å². The highest BCUT2D eigenvalue weighted by atomic mass is 79.9. The summed E-state index contributed by atoms with van der Waals surface area (Å²) in [5, 5.41) is 0. The fourth-order valence-corrected chi connectivity index (χ4v) is 1.33. The molecule has 0 aliphatic carbocycles. The van der Waals surface area contributed by atoms with Crippen LogP contribution >= 0.6 is 27.5 Å². The molecule has 12 heavy (non-hydrogen) atoms. The van der Waals surface area contributed by atoms with Crippen molar-refractivity contribution in [2.45, 2.75) is 0 Å². The molecule has 1 aromatic carbocycles. The molecule has 1 aromatic rings. The van der Waals surface area contributed by atoms with Gasteiger partial charge >= 0.3 is 0 Å². The van der Waals surface area contributed by atoms with Crippen molar-refractivity contribution in [3.05, 3.63) is 34.3 Å². The first kappa shape index (κ1) is 9.62. The molecule has 0 aliphatic rings. The molecule has 0 spiro atoms. The van der Waals surface area contributed by atoms with Crippen LogP contribution in [0, 0.1) is 0 Å². The van der Waals surface area contributed by atoms with Gasteiger partial charge in [-0.25, -0.2) is 0 Å². The molecule has 0 fully saturated rings. The third-order valence-corrected chi connectivity index (χ3v) is 2.11. The smallest absolute Gasteiger partial charge is 0.0407 e. The molecule has 0 aliphatic heterocycles. The molecule has 1 rings (SSSR count). The summed E-state index contributed by atoms with van der Waals surface area (Å²) >= 11 is 8.87. The summed E-state index contributed by atoms with van der Waals surface area (Å²) in [7, 11) is 0. The first-order chi connectivity index (χ1) is 5.74. The van der Waals surface area contributed by atoms with E-state index in [2.05, 4.69) is 15.9 Å². The molecule has 0 aromatic heterocycles. The Morgan fingerprint density at radius 1 is 1.50 bits per heavy atom. The minimum absolute atomic E-state index is 0.506. The number of benzene rings is 1. The van der Waals surface area contributed by atoms with Gasteiger partial charge in [-0.2, -0.15) is 0 Å². The lowest BCUT2D eigenvalue weighted by Crippen LogP contribution is -1.88. The number of halogens is 2. The van der Waals surface area contributed by atoms with Crippen molar-refractivity contribution < 1.29 is 0 Å². The lowest BCUT2D eigenvalue weighted by Gasteiger charge is -1.99. The number of hydrogen-bond donors (Lipinski definition) is 1. The Balaban J connectivity index is 2.97. The van der Waals surface area contributed by atoms with Gasteiger partial charge in [0.05, 0.1) is 0 Å². The lowest BCUT2D eigenvalue weighted by atomic mass is 10.2.